The summed E-state index contributed by atoms with van der Waals surface area (Å²) in [7, 11) is 2.04. The van der Waals surface area contributed by atoms with E-state index in [0.29, 0.717) is 6.10 Å². The van der Waals surface area contributed by atoms with Gasteiger partial charge in [0.05, 0.1) is 6.10 Å². The zero-order valence-corrected chi connectivity index (χ0v) is 7.18. The van der Waals surface area contributed by atoms with Crippen molar-refractivity contribution in [1.82, 2.24) is 5.32 Å². The molecule has 64 valence electrons. The summed E-state index contributed by atoms with van der Waals surface area (Å²) in [6, 6.07) is 0. The van der Waals surface area contributed by atoms with Gasteiger partial charge in [-0.25, -0.2) is 0 Å². The second-order valence-corrected chi connectivity index (χ2v) is 3.76. The Morgan fingerprint density at radius 3 is 2.55 bits per heavy atom. The van der Waals surface area contributed by atoms with Gasteiger partial charge in [-0.2, -0.15) is 0 Å². The second kappa shape index (κ2) is 3.11. The molecule has 0 aromatic carbocycles. The first kappa shape index (κ1) is 7.56. The van der Waals surface area contributed by atoms with Crippen LogP contribution in [-0.2, 0) is 4.74 Å². The standard InChI is InChI=1S/C9H17NO/c1-10-6-8(7-2-3-7)9-4-5-11-9/h7-10H,2-6H2,1H3. The molecule has 2 heteroatoms. The van der Waals surface area contributed by atoms with Gasteiger partial charge in [-0.3, -0.25) is 0 Å². The molecule has 2 fully saturated rings. The monoisotopic (exact) mass is 155 g/mol. The highest BCUT2D eigenvalue weighted by Crippen LogP contribution is 2.41. The first-order valence-electron chi connectivity index (χ1n) is 4.68. The zero-order chi connectivity index (χ0) is 7.68. The number of nitrogens with one attached hydrogen (secondary N) is 1. The van der Waals surface area contributed by atoms with Gasteiger partial charge in [0.15, 0.2) is 0 Å². The summed E-state index contributed by atoms with van der Waals surface area (Å²) in [5, 5.41) is 3.26. The van der Waals surface area contributed by atoms with Gasteiger partial charge in [0.25, 0.3) is 0 Å². The lowest BCUT2D eigenvalue weighted by Gasteiger charge is -2.34. The van der Waals surface area contributed by atoms with Crippen molar-refractivity contribution in [3.05, 3.63) is 0 Å². The summed E-state index contributed by atoms with van der Waals surface area (Å²) in [5.41, 5.74) is 0. The lowest BCUT2D eigenvalue weighted by atomic mass is 9.92. The molecule has 1 aliphatic heterocycles. The van der Waals surface area contributed by atoms with Crippen molar-refractivity contribution in [3.63, 3.8) is 0 Å². The van der Waals surface area contributed by atoms with Crippen molar-refractivity contribution in [2.75, 3.05) is 20.2 Å². The molecule has 0 radical (unpaired) electrons. The molecule has 1 N–H and O–H groups in total. The van der Waals surface area contributed by atoms with Crippen molar-refractivity contribution >= 4 is 0 Å². The summed E-state index contributed by atoms with van der Waals surface area (Å²) < 4.78 is 5.51. The molecule has 2 atom stereocenters. The Labute approximate surface area is 68.3 Å². The maximum atomic E-state index is 5.51. The van der Waals surface area contributed by atoms with E-state index in [1.165, 1.54) is 19.3 Å². The lowest BCUT2D eigenvalue weighted by molar-refractivity contribution is -0.0888. The quantitative estimate of drug-likeness (QED) is 0.654. The highest BCUT2D eigenvalue weighted by Gasteiger charge is 2.39. The van der Waals surface area contributed by atoms with Gasteiger partial charge in [-0.15, -0.1) is 0 Å². The van der Waals surface area contributed by atoms with Crippen molar-refractivity contribution in [3.8, 4) is 0 Å². The average Bonchev–Trinajstić information content (AvgIpc) is 2.63. The highest BCUT2D eigenvalue weighted by atomic mass is 16.5. The largest absolute Gasteiger partial charge is 0.378 e. The molecule has 1 saturated heterocycles. The predicted octanol–water partition coefficient (Wildman–Crippen LogP) is 1.02. The predicted molar refractivity (Wildman–Crippen MR) is 44.5 cm³/mol. The number of rotatable bonds is 4. The van der Waals surface area contributed by atoms with Gasteiger partial charge in [0.2, 0.25) is 0 Å². The maximum absolute atomic E-state index is 5.51. The van der Waals surface area contributed by atoms with Gasteiger partial charge in [0, 0.05) is 19.1 Å². The van der Waals surface area contributed by atoms with E-state index in [1.807, 2.05) is 7.05 Å². The lowest BCUT2D eigenvalue weighted by Crippen LogP contribution is -2.40. The van der Waals surface area contributed by atoms with Gasteiger partial charge < -0.3 is 10.1 Å². The van der Waals surface area contributed by atoms with Gasteiger partial charge in [-0.1, -0.05) is 0 Å². The Morgan fingerprint density at radius 1 is 1.45 bits per heavy atom. The van der Waals surface area contributed by atoms with Gasteiger partial charge >= 0.3 is 0 Å². The van der Waals surface area contributed by atoms with E-state index >= 15 is 0 Å². The van der Waals surface area contributed by atoms with E-state index in [4.69, 9.17) is 4.74 Å². The van der Waals surface area contributed by atoms with Crippen LogP contribution in [0.5, 0.6) is 0 Å². The fraction of sp³-hybridized carbons (Fsp3) is 1.00. The third-order valence-corrected chi connectivity index (χ3v) is 2.88. The number of hydrogen-bond acceptors (Lipinski definition) is 2. The molecule has 2 nitrogen and oxygen atoms in total. The van der Waals surface area contributed by atoms with E-state index in [-0.39, 0.29) is 0 Å². The summed E-state index contributed by atoms with van der Waals surface area (Å²) in [6.07, 6.45) is 4.76. The SMILES string of the molecule is CNCC(C1CC1)C1CCO1. The van der Waals surface area contributed by atoms with Crippen LogP contribution in [0.3, 0.4) is 0 Å². The molecule has 2 unspecified atom stereocenters. The maximum Gasteiger partial charge on any atom is 0.0640 e. The molecule has 1 heterocycles. The van der Waals surface area contributed by atoms with Crippen molar-refractivity contribution in [2.24, 2.45) is 11.8 Å². The molecule has 1 aliphatic carbocycles. The minimum atomic E-state index is 0.593. The molecule has 0 amide bonds. The third-order valence-electron chi connectivity index (χ3n) is 2.88. The molecule has 0 aromatic rings. The molecule has 1 saturated carbocycles. The molecule has 0 spiro atoms. The van der Waals surface area contributed by atoms with Crippen molar-refractivity contribution in [2.45, 2.75) is 25.4 Å². The summed E-state index contributed by atoms with van der Waals surface area (Å²) in [6.45, 7) is 2.15. The summed E-state index contributed by atoms with van der Waals surface area (Å²) >= 11 is 0. The molecule has 2 rings (SSSR count). The van der Waals surface area contributed by atoms with Crippen LogP contribution in [0.15, 0.2) is 0 Å². The third kappa shape index (κ3) is 1.57. The van der Waals surface area contributed by atoms with Crippen LogP contribution in [0, 0.1) is 11.8 Å². The van der Waals surface area contributed by atoms with Crippen LogP contribution in [0.25, 0.3) is 0 Å². The van der Waals surface area contributed by atoms with E-state index in [2.05, 4.69) is 5.32 Å². The highest BCUT2D eigenvalue weighted by molar-refractivity contribution is 4.89. The van der Waals surface area contributed by atoms with Crippen molar-refractivity contribution in [1.29, 1.82) is 0 Å². The Hall–Kier alpha value is -0.0800. The van der Waals surface area contributed by atoms with E-state index < -0.39 is 0 Å². The molecular weight excluding hydrogens is 138 g/mol. The molecule has 0 bridgehead atoms. The van der Waals surface area contributed by atoms with Crippen LogP contribution in [0.4, 0.5) is 0 Å². The first-order valence-corrected chi connectivity index (χ1v) is 4.68. The molecule has 11 heavy (non-hydrogen) atoms. The summed E-state index contributed by atoms with van der Waals surface area (Å²) in [5.74, 6) is 1.79. The average molecular weight is 155 g/mol. The number of ether oxygens (including phenoxy) is 1. The van der Waals surface area contributed by atoms with E-state index in [1.54, 1.807) is 0 Å². The smallest absolute Gasteiger partial charge is 0.0640 e. The summed E-state index contributed by atoms with van der Waals surface area (Å²) in [4.78, 5) is 0. The van der Waals surface area contributed by atoms with E-state index in [0.717, 1.165) is 25.0 Å². The van der Waals surface area contributed by atoms with Gasteiger partial charge in [0.1, 0.15) is 0 Å². The Morgan fingerprint density at radius 2 is 2.18 bits per heavy atom. The van der Waals surface area contributed by atoms with Crippen LogP contribution in [-0.4, -0.2) is 26.3 Å². The Kier molecular flexibility index (Phi) is 2.14. The first-order chi connectivity index (χ1) is 5.42. The fourth-order valence-corrected chi connectivity index (χ4v) is 1.95. The van der Waals surface area contributed by atoms with Crippen LogP contribution in [0.1, 0.15) is 19.3 Å². The van der Waals surface area contributed by atoms with Crippen molar-refractivity contribution < 1.29 is 4.74 Å². The number of hydrogen-bond donors (Lipinski definition) is 1. The van der Waals surface area contributed by atoms with Crippen LogP contribution in [0.2, 0.25) is 0 Å². The molecule has 2 aliphatic rings. The normalized spacial score (nSPS) is 33.0. The van der Waals surface area contributed by atoms with Crippen LogP contribution >= 0.6 is 0 Å². The van der Waals surface area contributed by atoms with Crippen LogP contribution < -0.4 is 5.32 Å². The fourth-order valence-electron chi connectivity index (χ4n) is 1.95. The van der Waals surface area contributed by atoms with E-state index in [9.17, 15) is 0 Å². The minimum absolute atomic E-state index is 0.593. The molecular formula is C9H17NO. The Balaban J connectivity index is 1.81. The van der Waals surface area contributed by atoms with Gasteiger partial charge in [-0.05, 0) is 32.2 Å². The molecule has 0 aromatic heterocycles. The zero-order valence-electron chi connectivity index (χ0n) is 7.18. The minimum Gasteiger partial charge on any atom is -0.378 e. The topological polar surface area (TPSA) is 21.3 Å². The Bertz CT molecular complexity index is 130. The second-order valence-electron chi connectivity index (χ2n) is 3.76.